The van der Waals surface area contributed by atoms with Crippen molar-refractivity contribution in [2.24, 2.45) is 0 Å². The fraction of sp³-hybridized carbons (Fsp3) is 0.273. The highest BCUT2D eigenvalue weighted by Crippen LogP contribution is 2.15. The molecule has 16 heteroatoms. The highest BCUT2D eigenvalue weighted by Gasteiger charge is 1.99. The molecule has 15 aromatic heterocycles. The summed E-state index contributed by atoms with van der Waals surface area (Å²) in [4.78, 5) is 66.7. The number of fused-ring (bicyclic) bond motifs is 8. The van der Waals surface area contributed by atoms with Gasteiger partial charge in [-0.15, -0.1) is 0 Å². The Bertz CT molecular complexity index is 3990. The Labute approximate surface area is 620 Å². The molecule has 0 amide bonds. The Morgan fingerprint density at radius 3 is 1.19 bits per heavy atom. The van der Waals surface area contributed by atoms with Gasteiger partial charge in [-0.25, -0.2) is 15.0 Å². The van der Waals surface area contributed by atoms with Gasteiger partial charge in [0.15, 0.2) is 5.65 Å². The maximum absolute atomic E-state index is 4.34. The number of nitrogens with zero attached hydrogens (tertiary/aromatic N) is 16. The van der Waals surface area contributed by atoms with E-state index < -0.39 is 0 Å². The zero-order valence-corrected chi connectivity index (χ0v) is 66.2. The Morgan fingerprint density at radius 2 is 0.567 bits per heavy atom. The van der Waals surface area contributed by atoms with Crippen LogP contribution in [0.1, 0.15) is 156 Å². The molecule has 16 rings (SSSR count). The Morgan fingerprint density at radius 1 is 0.173 bits per heavy atom. The fourth-order valence-corrected chi connectivity index (χ4v) is 8.56. The van der Waals surface area contributed by atoms with Gasteiger partial charge in [-0.2, -0.15) is 0 Å². The van der Waals surface area contributed by atoms with E-state index in [0.29, 0.717) is 0 Å². The quantitative estimate of drug-likeness (QED) is 0.138. The molecule has 0 aliphatic heterocycles. The van der Waals surface area contributed by atoms with Gasteiger partial charge < -0.3 is 0 Å². The van der Waals surface area contributed by atoms with Gasteiger partial charge in [0, 0.05) is 158 Å². The zero-order valence-electron chi connectivity index (χ0n) is 66.2. The van der Waals surface area contributed by atoms with Crippen LogP contribution in [0.4, 0.5) is 0 Å². The third-order valence-electron chi connectivity index (χ3n) is 13.0. The summed E-state index contributed by atoms with van der Waals surface area (Å²) in [7, 11) is 0. The van der Waals surface area contributed by atoms with E-state index >= 15 is 0 Å². The average molecular weight is 1390 g/mol. The third-order valence-corrected chi connectivity index (χ3v) is 13.0. The summed E-state index contributed by atoms with van der Waals surface area (Å²) < 4.78 is 0. The van der Waals surface area contributed by atoms with Crippen LogP contribution in [0, 0.1) is 55.4 Å². The summed E-state index contributed by atoms with van der Waals surface area (Å²) in [5.74, 6) is 0. The number of hydrogen-bond donors (Lipinski definition) is 0. The fourth-order valence-electron chi connectivity index (χ4n) is 8.56. The molecule has 0 saturated carbocycles. The van der Waals surface area contributed by atoms with Crippen molar-refractivity contribution in [2.75, 3.05) is 0 Å². The number of aryl methyl sites for hydroxylation is 8. The summed E-state index contributed by atoms with van der Waals surface area (Å²) >= 11 is 0. The minimum absolute atomic E-state index is 0.826. The van der Waals surface area contributed by atoms with Gasteiger partial charge >= 0.3 is 0 Å². The summed E-state index contributed by atoms with van der Waals surface area (Å²) in [6.07, 6.45) is 27.0. The van der Waals surface area contributed by atoms with Gasteiger partial charge in [-0.3, -0.25) is 64.8 Å². The number of hydrogen-bond acceptors (Lipinski definition) is 16. The molecule has 0 fully saturated rings. The van der Waals surface area contributed by atoms with Crippen molar-refractivity contribution in [1.29, 1.82) is 0 Å². The molecule has 16 aromatic rings. The van der Waals surface area contributed by atoms with Crippen molar-refractivity contribution in [3.8, 4) is 0 Å². The van der Waals surface area contributed by atoms with Crippen LogP contribution in [0.15, 0.2) is 245 Å². The van der Waals surface area contributed by atoms with Crippen molar-refractivity contribution in [3.05, 3.63) is 290 Å². The molecule has 0 bridgehead atoms. The van der Waals surface area contributed by atoms with Gasteiger partial charge in [-0.1, -0.05) is 135 Å². The second kappa shape index (κ2) is 55.2. The number of aromatic nitrogens is 16. The van der Waals surface area contributed by atoms with Crippen LogP contribution in [0.3, 0.4) is 0 Å². The molecule has 0 aliphatic rings. The van der Waals surface area contributed by atoms with E-state index in [1.165, 1.54) is 5.39 Å². The molecule has 0 aliphatic carbocycles. The second-order valence-electron chi connectivity index (χ2n) is 20.2. The minimum Gasteiger partial charge on any atom is -0.264 e. The Hall–Kier alpha value is -11.5. The Kier molecular flexibility index (Phi) is 48.0. The molecular formula is C88H112N16. The van der Waals surface area contributed by atoms with Crippen LogP contribution in [-0.4, -0.2) is 79.7 Å². The molecule has 0 unspecified atom stereocenters. The molecular weight excluding hydrogens is 1280 g/mol. The van der Waals surface area contributed by atoms with Crippen LogP contribution < -0.4 is 0 Å². The maximum atomic E-state index is 4.34. The van der Waals surface area contributed by atoms with Crippen LogP contribution in [0.2, 0.25) is 0 Å². The lowest BCUT2D eigenvalue weighted by Gasteiger charge is -1.95. The van der Waals surface area contributed by atoms with Crippen molar-refractivity contribution >= 4 is 87.4 Å². The van der Waals surface area contributed by atoms with Gasteiger partial charge in [0.05, 0.1) is 56.7 Å². The standard InChI is InChI=1S/8C9H8N2.8C2H6/c1-7-4-9-5-10-3-2-8(9)6-11-7;1-7-4-8-2-3-10-5-9(8)6-11-7;1-7-2-3-8-6-10-5-4-9(8)11-7;1-7-2-3-8-4-5-10-6-9(8)11-7;1-7-4-5-8-9(11-7)3-2-6-10-8;1-7-4-5-8-3-2-6-10-9(8)11-7;1-7-5-8-3-2-4-10-9(8)6-11-7;1-7-6-10-8-4-2-3-5-9(8)11-7;8*1-2/h8*2-6H,1H3;8*1-2H3. The molecule has 1 aromatic carbocycles. The number of pyridine rings is 14. The van der Waals surface area contributed by atoms with E-state index in [1.807, 2.05) is 337 Å². The van der Waals surface area contributed by atoms with Crippen molar-refractivity contribution in [2.45, 2.75) is 166 Å². The SMILES string of the molecule is CC.CC.CC.CC.CC.CC.CC.CC.Cc1cc2cccnc2cn1.Cc1cc2ccncc2cn1.Cc1cc2cnccc2cn1.Cc1ccc2cccnc2n1.Cc1ccc2ccncc2n1.Cc1ccc2cnccc2n1.Cc1ccc2ncccc2n1.Cc1cnc2ccccc2n1. The molecule has 0 saturated heterocycles. The molecule has 16 nitrogen and oxygen atoms in total. The topological polar surface area (TPSA) is 206 Å². The minimum atomic E-state index is 0.826. The van der Waals surface area contributed by atoms with Crippen LogP contribution in [-0.2, 0) is 0 Å². The summed E-state index contributed by atoms with van der Waals surface area (Å²) in [6.45, 7) is 47.8. The van der Waals surface area contributed by atoms with E-state index in [9.17, 15) is 0 Å². The van der Waals surface area contributed by atoms with E-state index in [-0.39, 0.29) is 0 Å². The summed E-state index contributed by atoms with van der Waals surface area (Å²) in [5, 5.41) is 9.08. The smallest absolute Gasteiger partial charge is 0.159 e. The molecule has 544 valence electrons. The molecule has 0 spiro atoms. The predicted octanol–water partition coefficient (Wildman–Crippen LogP) is 23.7. The van der Waals surface area contributed by atoms with Crippen LogP contribution in [0.25, 0.3) is 87.4 Å². The lowest BCUT2D eigenvalue weighted by molar-refractivity contribution is 1.18. The van der Waals surface area contributed by atoms with Gasteiger partial charge in [-0.05, 0) is 188 Å². The van der Waals surface area contributed by atoms with E-state index in [0.717, 1.165) is 128 Å². The third kappa shape index (κ3) is 32.9. The first-order valence-electron chi connectivity index (χ1n) is 36.3. The van der Waals surface area contributed by atoms with Crippen LogP contribution >= 0.6 is 0 Å². The van der Waals surface area contributed by atoms with Crippen molar-refractivity contribution in [3.63, 3.8) is 0 Å². The summed E-state index contributed by atoms with van der Waals surface area (Å²) in [6, 6.07) is 49.6. The van der Waals surface area contributed by atoms with Crippen molar-refractivity contribution < 1.29 is 0 Å². The molecule has 15 heterocycles. The molecule has 0 N–H and O–H groups in total. The van der Waals surface area contributed by atoms with Crippen molar-refractivity contribution in [1.82, 2.24) is 79.7 Å². The maximum Gasteiger partial charge on any atom is 0.159 e. The number of benzene rings is 1. The largest absolute Gasteiger partial charge is 0.264 e. The Balaban J connectivity index is 0.000000578. The number of para-hydroxylation sites is 2. The first kappa shape index (κ1) is 90.5. The van der Waals surface area contributed by atoms with E-state index in [4.69, 9.17) is 0 Å². The van der Waals surface area contributed by atoms with E-state index in [2.05, 4.69) is 91.9 Å². The summed E-state index contributed by atoms with van der Waals surface area (Å²) in [5.41, 5.74) is 15.8. The first-order chi connectivity index (χ1) is 50.9. The zero-order chi connectivity index (χ0) is 77.5. The second-order valence-corrected chi connectivity index (χ2v) is 20.2. The van der Waals surface area contributed by atoms with Gasteiger partial charge in [0.2, 0.25) is 0 Å². The highest BCUT2D eigenvalue weighted by molar-refractivity contribution is 5.82. The number of rotatable bonds is 0. The van der Waals surface area contributed by atoms with Gasteiger partial charge in [0.25, 0.3) is 0 Å². The highest BCUT2D eigenvalue weighted by atomic mass is 14.8. The average Bonchev–Trinajstić information content (AvgIpc) is 1.05. The van der Waals surface area contributed by atoms with Gasteiger partial charge in [0.1, 0.15) is 0 Å². The molecule has 104 heavy (non-hydrogen) atoms. The molecule has 0 radical (unpaired) electrons. The van der Waals surface area contributed by atoms with Crippen LogP contribution in [0.5, 0.6) is 0 Å². The van der Waals surface area contributed by atoms with E-state index in [1.54, 1.807) is 62.0 Å². The lowest BCUT2D eigenvalue weighted by Crippen LogP contribution is -1.85. The molecule has 0 atom stereocenters. The first-order valence-corrected chi connectivity index (χ1v) is 36.3. The predicted molar refractivity (Wildman–Crippen MR) is 445 cm³/mol. The monoisotopic (exact) mass is 1390 g/mol. The lowest BCUT2D eigenvalue weighted by atomic mass is 10.2. The normalized spacial score (nSPS) is 9.15.